The third-order valence-corrected chi connectivity index (χ3v) is 6.32. The third-order valence-electron chi connectivity index (χ3n) is 4.94. The van der Waals surface area contributed by atoms with Gasteiger partial charge >= 0.3 is 0 Å². The summed E-state index contributed by atoms with van der Waals surface area (Å²) in [5.74, 6) is 0.406. The Morgan fingerprint density at radius 3 is 2.58 bits per heavy atom. The lowest BCUT2D eigenvalue weighted by molar-refractivity contribution is -0.122. The Bertz CT molecular complexity index is 1070. The fourth-order valence-electron chi connectivity index (χ4n) is 3.48. The van der Waals surface area contributed by atoms with Gasteiger partial charge in [0.05, 0.1) is 23.6 Å². The Labute approximate surface area is 192 Å². The highest BCUT2D eigenvalue weighted by Crippen LogP contribution is 2.33. The van der Waals surface area contributed by atoms with Crippen molar-refractivity contribution in [1.82, 2.24) is 14.3 Å². The molecule has 2 aromatic heterocycles. The van der Waals surface area contributed by atoms with Crippen molar-refractivity contribution < 1.29 is 9.53 Å². The number of thiocarbonyl (C=S) groups is 1. The summed E-state index contributed by atoms with van der Waals surface area (Å²) < 4.78 is 7.10. The lowest BCUT2D eigenvalue weighted by Crippen LogP contribution is -2.32. The zero-order valence-corrected chi connectivity index (χ0v) is 20.0. The number of rotatable bonds is 9. The van der Waals surface area contributed by atoms with Gasteiger partial charge in [-0.2, -0.15) is 0 Å². The van der Waals surface area contributed by atoms with Gasteiger partial charge < -0.3 is 9.64 Å². The molecule has 0 aromatic carbocycles. The van der Waals surface area contributed by atoms with Crippen LogP contribution in [0.15, 0.2) is 28.0 Å². The van der Waals surface area contributed by atoms with Crippen LogP contribution in [0.1, 0.15) is 37.8 Å². The smallest absolute Gasteiger partial charge is 0.267 e. The molecule has 0 spiro atoms. The normalized spacial score (nSPS) is 15.5. The van der Waals surface area contributed by atoms with Crippen LogP contribution in [-0.4, -0.2) is 57.9 Å². The highest BCUT2D eigenvalue weighted by molar-refractivity contribution is 8.26. The Balaban J connectivity index is 2.17. The molecule has 0 atom stereocenters. The minimum absolute atomic E-state index is 0.192. The summed E-state index contributed by atoms with van der Waals surface area (Å²) in [6.45, 7) is 8.46. The van der Waals surface area contributed by atoms with Crippen molar-refractivity contribution >= 4 is 51.7 Å². The van der Waals surface area contributed by atoms with E-state index in [0.29, 0.717) is 39.4 Å². The summed E-state index contributed by atoms with van der Waals surface area (Å²) in [6, 6.07) is 3.79. The molecule has 0 N–H and O–H groups in total. The largest absolute Gasteiger partial charge is 0.383 e. The van der Waals surface area contributed by atoms with Crippen LogP contribution in [0, 0.1) is 6.92 Å². The van der Waals surface area contributed by atoms with Crippen molar-refractivity contribution in [2.75, 3.05) is 38.3 Å². The number of methoxy groups -OCH3 is 1. The van der Waals surface area contributed by atoms with E-state index in [-0.39, 0.29) is 11.5 Å². The predicted molar refractivity (Wildman–Crippen MR) is 131 cm³/mol. The molecular formula is C22H28N4O3S2. The first-order chi connectivity index (χ1) is 14.9. The van der Waals surface area contributed by atoms with E-state index < -0.39 is 0 Å². The quantitative estimate of drug-likeness (QED) is 0.419. The Kier molecular flexibility index (Phi) is 7.85. The minimum Gasteiger partial charge on any atom is -0.383 e. The van der Waals surface area contributed by atoms with Gasteiger partial charge in [0.15, 0.2) is 0 Å². The van der Waals surface area contributed by atoms with E-state index in [1.54, 1.807) is 23.8 Å². The molecule has 1 fully saturated rings. The number of thioether (sulfide) groups is 1. The molecule has 3 rings (SSSR count). The van der Waals surface area contributed by atoms with Crippen molar-refractivity contribution in [3.63, 3.8) is 0 Å². The van der Waals surface area contributed by atoms with E-state index in [1.165, 1.54) is 16.7 Å². The molecule has 0 aliphatic carbocycles. The number of anilines is 1. The van der Waals surface area contributed by atoms with Crippen molar-refractivity contribution in [3.8, 4) is 0 Å². The number of pyridine rings is 1. The van der Waals surface area contributed by atoms with Gasteiger partial charge in [-0.3, -0.25) is 18.9 Å². The van der Waals surface area contributed by atoms with E-state index in [9.17, 15) is 9.59 Å². The summed E-state index contributed by atoms with van der Waals surface area (Å²) in [5, 5.41) is 0. The van der Waals surface area contributed by atoms with Crippen LogP contribution < -0.4 is 10.5 Å². The molecule has 2 aromatic rings. The molecule has 1 amide bonds. The first-order valence-corrected chi connectivity index (χ1v) is 11.7. The summed E-state index contributed by atoms with van der Waals surface area (Å²) in [4.78, 5) is 35.3. The van der Waals surface area contributed by atoms with Crippen molar-refractivity contribution in [2.45, 2.75) is 33.6 Å². The second kappa shape index (κ2) is 10.4. The van der Waals surface area contributed by atoms with Crippen LogP contribution in [0.25, 0.3) is 11.7 Å². The molecular weight excluding hydrogens is 432 g/mol. The molecule has 0 radical (unpaired) electrons. The lowest BCUT2D eigenvalue weighted by atomic mass is 10.2. The number of nitrogens with zero attached hydrogens (tertiary/aromatic N) is 4. The number of ether oxygens (including phenoxy) is 1. The molecule has 1 saturated heterocycles. The van der Waals surface area contributed by atoms with Gasteiger partial charge in [0.1, 0.15) is 15.8 Å². The molecule has 166 valence electrons. The number of hydrogen-bond donors (Lipinski definition) is 0. The fourth-order valence-corrected chi connectivity index (χ4v) is 4.77. The van der Waals surface area contributed by atoms with Gasteiger partial charge in [0, 0.05) is 26.4 Å². The van der Waals surface area contributed by atoms with Gasteiger partial charge in [0.25, 0.3) is 11.5 Å². The number of hydrogen-bond acceptors (Lipinski definition) is 7. The molecule has 3 heterocycles. The molecule has 31 heavy (non-hydrogen) atoms. The summed E-state index contributed by atoms with van der Waals surface area (Å²) in [5.41, 5.74) is 1.77. The van der Waals surface area contributed by atoms with E-state index in [2.05, 4.69) is 18.7 Å². The maximum absolute atomic E-state index is 13.5. The van der Waals surface area contributed by atoms with Crippen molar-refractivity contribution in [3.05, 3.63) is 44.7 Å². The Morgan fingerprint density at radius 2 is 1.94 bits per heavy atom. The van der Waals surface area contributed by atoms with Crippen LogP contribution in [0.5, 0.6) is 0 Å². The molecule has 7 nitrogen and oxygen atoms in total. The summed E-state index contributed by atoms with van der Waals surface area (Å²) in [7, 11) is 1.58. The highest BCUT2D eigenvalue weighted by Gasteiger charge is 2.32. The Hall–Kier alpha value is -2.23. The zero-order valence-electron chi connectivity index (χ0n) is 18.4. The standard InChI is InChI=1S/C22H28N4O3S2/c1-5-9-24(10-6-2)19-16(20(27)26-14-15(3)7-8-18(26)23-19)13-17-21(28)25(11-12-29-4)22(30)31-17/h7-8,13-14H,5-6,9-12H2,1-4H3/b17-13-. The summed E-state index contributed by atoms with van der Waals surface area (Å²) in [6.07, 6.45) is 5.28. The number of aryl methyl sites for hydroxylation is 1. The molecule has 9 heteroatoms. The minimum atomic E-state index is -0.204. The van der Waals surface area contributed by atoms with Gasteiger partial charge in [-0.15, -0.1) is 0 Å². The maximum Gasteiger partial charge on any atom is 0.267 e. The number of fused-ring (bicyclic) bond motifs is 1. The topological polar surface area (TPSA) is 67.2 Å². The molecule has 0 unspecified atom stereocenters. The molecule has 1 aliphatic rings. The average Bonchev–Trinajstić information content (AvgIpc) is 3.01. The Morgan fingerprint density at radius 1 is 1.23 bits per heavy atom. The van der Waals surface area contributed by atoms with Gasteiger partial charge in [-0.25, -0.2) is 4.98 Å². The molecule has 0 bridgehead atoms. The van der Waals surface area contributed by atoms with Crippen molar-refractivity contribution in [1.29, 1.82) is 0 Å². The maximum atomic E-state index is 13.5. The second-order valence-corrected chi connectivity index (χ2v) is 9.08. The average molecular weight is 461 g/mol. The number of aromatic nitrogens is 2. The van der Waals surface area contributed by atoms with Crippen molar-refractivity contribution in [2.24, 2.45) is 0 Å². The van der Waals surface area contributed by atoms with Gasteiger partial charge in [-0.1, -0.05) is 43.9 Å². The van der Waals surface area contributed by atoms with Crippen LogP contribution in [0.3, 0.4) is 0 Å². The highest BCUT2D eigenvalue weighted by atomic mass is 32.2. The van der Waals surface area contributed by atoms with Crippen LogP contribution >= 0.6 is 24.0 Å². The first kappa shape index (κ1) is 23.4. The molecule has 1 aliphatic heterocycles. The monoisotopic (exact) mass is 460 g/mol. The van der Waals surface area contributed by atoms with E-state index in [1.807, 2.05) is 19.1 Å². The van der Waals surface area contributed by atoms with Crippen LogP contribution in [0.2, 0.25) is 0 Å². The van der Waals surface area contributed by atoms with E-state index in [4.69, 9.17) is 21.9 Å². The zero-order chi connectivity index (χ0) is 22.5. The van der Waals surface area contributed by atoms with Crippen LogP contribution in [0.4, 0.5) is 5.82 Å². The predicted octanol–water partition coefficient (Wildman–Crippen LogP) is 3.48. The SMILES string of the molecule is CCCN(CCC)c1nc2ccc(C)cn2c(=O)c1/C=C1\SC(=S)N(CCOC)C1=O. The van der Waals surface area contributed by atoms with E-state index >= 15 is 0 Å². The second-order valence-electron chi connectivity index (χ2n) is 7.40. The lowest BCUT2D eigenvalue weighted by Gasteiger charge is -2.24. The summed E-state index contributed by atoms with van der Waals surface area (Å²) >= 11 is 6.59. The van der Waals surface area contributed by atoms with Crippen LogP contribution in [-0.2, 0) is 9.53 Å². The number of amides is 1. The third kappa shape index (κ3) is 4.99. The van der Waals surface area contributed by atoms with Gasteiger partial charge in [0.2, 0.25) is 0 Å². The first-order valence-electron chi connectivity index (χ1n) is 10.4. The van der Waals surface area contributed by atoms with Gasteiger partial charge in [-0.05, 0) is 37.5 Å². The number of carbonyl (C=O) groups excluding carboxylic acids is 1. The van der Waals surface area contributed by atoms with E-state index in [0.717, 1.165) is 31.5 Å². The fraction of sp³-hybridized carbons (Fsp3) is 0.455. The molecule has 0 saturated carbocycles. The number of carbonyl (C=O) groups is 1.